The van der Waals surface area contributed by atoms with Crippen molar-refractivity contribution in [1.82, 2.24) is 4.98 Å². The lowest BCUT2D eigenvalue weighted by molar-refractivity contribution is -0.138. The normalized spacial score (nSPS) is 11.9. The molecule has 142 valence electrons. The van der Waals surface area contributed by atoms with Crippen molar-refractivity contribution in [3.8, 4) is 11.3 Å². The fraction of sp³-hybridized carbons (Fsp3) is 0.286. The maximum Gasteiger partial charge on any atom is 0.416 e. The van der Waals surface area contributed by atoms with E-state index >= 15 is 0 Å². The zero-order chi connectivity index (χ0) is 19.6. The van der Waals surface area contributed by atoms with Crippen LogP contribution < -0.4 is 0 Å². The Balaban J connectivity index is 2.15. The van der Waals surface area contributed by atoms with Crippen LogP contribution in [0.15, 0.2) is 42.5 Å². The van der Waals surface area contributed by atoms with Crippen molar-refractivity contribution in [1.29, 1.82) is 0 Å². The summed E-state index contributed by atoms with van der Waals surface area (Å²) in [7, 11) is 0. The van der Waals surface area contributed by atoms with Gasteiger partial charge >= 0.3 is 12.1 Å². The van der Waals surface area contributed by atoms with Crippen molar-refractivity contribution in [2.75, 3.05) is 0 Å². The fourth-order valence-electron chi connectivity index (χ4n) is 3.26. The molecule has 6 heteroatoms. The topological polar surface area (TPSA) is 53.1 Å². The van der Waals surface area contributed by atoms with E-state index in [1.165, 1.54) is 6.07 Å². The molecule has 2 N–H and O–H groups in total. The summed E-state index contributed by atoms with van der Waals surface area (Å²) >= 11 is 0. The minimum atomic E-state index is -4.46. The van der Waals surface area contributed by atoms with Crippen LogP contribution in [0.5, 0.6) is 0 Å². The Labute approximate surface area is 154 Å². The fourth-order valence-corrected chi connectivity index (χ4v) is 3.26. The molecule has 0 aliphatic rings. The molecule has 2 aromatic carbocycles. The van der Waals surface area contributed by atoms with Crippen LogP contribution >= 0.6 is 0 Å². The number of benzene rings is 2. The third-order valence-corrected chi connectivity index (χ3v) is 4.60. The molecule has 0 atom stereocenters. The molecule has 0 spiro atoms. The first-order valence-electron chi connectivity index (χ1n) is 8.82. The van der Waals surface area contributed by atoms with E-state index in [9.17, 15) is 23.1 Å². The maximum atomic E-state index is 13.1. The molecule has 1 heterocycles. The van der Waals surface area contributed by atoms with E-state index in [0.29, 0.717) is 16.8 Å². The monoisotopic (exact) mass is 375 g/mol. The molecule has 0 saturated heterocycles. The van der Waals surface area contributed by atoms with Crippen LogP contribution in [0.4, 0.5) is 13.2 Å². The molecule has 3 aromatic rings. The number of carboxylic acids is 1. The van der Waals surface area contributed by atoms with Crippen molar-refractivity contribution in [3.63, 3.8) is 0 Å². The van der Waals surface area contributed by atoms with Gasteiger partial charge in [0.15, 0.2) is 0 Å². The van der Waals surface area contributed by atoms with E-state index in [4.69, 9.17) is 0 Å². The van der Waals surface area contributed by atoms with Crippen LogP contribution in [0.1, 0.15) is 36.5 Å². The molecule has 1 aromatic heterocycles. The number of hydrogen-bond donors (Lipinski definition) is 2. The van der Waals surface area contributed by atoms with Gasteiger partial charge in [0, 0.05) is 10.9 Å². The lowest BCUT2D eigenvalue weighted by atomic mass is 9.99. The zero-order valence-electron chi connectivity index (χ0n) is 14.9. The zero-order valence-corrected chi connectivity index (χ0v) is 14.9. The second kappa shape index (κ2) is 7.47. The van der Waals surface area contributed by atoms with Crippen molar-refractivity contribution >= 4 is 16.9 Å². The summed E-state index contributed by atoms with van der Waals surface area (Å²) in [5, 5.41) is 10.1. The van der Waals surface area contributed by atoms with Gasteiger partial charge in [-0.25, -0.2) is 0 Å². The van der Waals surface area contributed by atoms with Gasteiger partial charge in [-0.05, 0) is 53.8 Å². The SMILES string of the molecule is CCCCc1ccc2[nH]c(-c3cccc(C(F)(F)F)c3)c(CC(=O)O)c2c1. The molecule has 3 nitrogen and oxygen atoms in total. The highest BCUT2D eigenvalue weighted by Crippen LogP contribution is 2.35. The molecule has 0 unspecified atom stereocenters. The van der Waals surface area contributed by atoms with Crippen LogP contribution in [0, 0.1) is 0 Å². The Morgan fingerprint density at radius 1 is 1.15 bits per heavy atom. The Morgan fingerprint density at radius 3 is 2.59 bits per heavy atom. The third kappa shape index (κ3) is 4.15. The summed E-state index contributed by atoms with van der Waals surface area (Å²) in [6.45, 7) is 2.09. The van der Waals surface area contributed by atoms with Crippen molar-refractivity contribution in [3.05, 3.63) is 59.2 Å². The van der Waals surface area contributed by atoms with Crippen molar-refractivity contribution in [2.24, 2.45) is 0 Å². The lowest BCUT2D eigenvalue weighted by Crippen LogP contribution is -2.05. The molecule has 0 fully saturated rings. The highest BCUT2D eigenvalue weighted by Gasteiger charge is 2.31. The van der Waals surface area contributed by atoms with Crippen LogP contribution in [-0.4, -0.2) is 16.1 Å². The largest absolute Gasteiger partial charge is 0.481 e. The first-order chi connectivity index (χ1) is 12.8. The summed E-state index contributed by atoms with van der Waals surface area (Å²) < 4.78 is 39.2. The number of H-pyrrole nitrogens is 1. The molecule has 0 saturated carbocycles. The van der Waals surface area contributed by atoms with Crippen LogP contribution in [0.2, 0.25) is 0 Å². The summed E-state index contributed by atoms with van der Waals surface area (Å²) in [4.78, 5) is 14.5. The Morgan fingerprint density at radius 2 is 1.93 bits per heavy atom. The lowest BCUT2D eigenvalue weighted by Gasteiger charge is -2.09. The summed E-state index contributed by atoms with van der Waals surface area (Å²) in [5.74, 6) is -1.02. The molecule has 0 aliphatic carbocycles. The number of rotatable bonds is 6. The molecule has 0 radical (unpaired) electrons. The number of alkyl halides is 3. The van der Waals surface area contributed by atoms with Crippen molar-refractivity contribution < 1.29 is 23.1 Å². The van der Waals surface area contributed by atoms with E-state index in [2.05, 4.69) is 11.9 Å². The number of halogens is 3. The van der Waals surface area contributed by atoms with Crippen LogP contribution in [0.3, 0.4) is 0 Å². The van der Waals surface area contributed by atoms with Gasteiger partial charge in [-0.1, -0.05) is 31.5 Å². The quantitative estimate of drug-likeness (QED) is 0.570. The predicted molar refractivity (Wildman–Crippen MR) is 98.7 cm³/mol. The molecule has 0 aliphatic heterocycles. The number of carbonyl (C=O) groups is 1. The molecule has 27 heavy (non-hydrogen) atoms. The number of aromatic nitrogens is 1. The minimum absolute atomic E-state index is 0.261. The standard InChI is InChI=1S/C21H20F3NO2/c1-2-3-5-13-8-9-18-16(10-13)17(12-19(26)27)20(25-18)14-6-4-7-15(11-14)21(22,23)24/h4,6-11,25H,2-3,5,12H2,1H3,(H,26,27). The van der Waals surface area contributed by atoms with Crippen LogP contribution in [0.25, 0.3) is 22.2 Å². The second-order valence-electron chi connectivity index (χ2n) is 6.61. The second-order valence-corrected chi connectivity index (χ2v) is 6.61. The van der Waals surface area contributed by atoms with Gasteiger partial charge in [-0.15, -0.1) is 0 Å². The number of aliphatic carboxylic acids is 1. The number of unbranched alkanes of at least 4 members (excludes halogenated alkanes) is 1. The van der Waals surface area contributed by atoms with E-state index in [1.807, 2.05) is 18.2 Å². The van der Waals surface area contributed by atoms with E-state index in [1.54, 1.807) is 6.07 Å². The number of hydrogen-bond acceptors (Lipinski definition) is 1. The first-order valence-corrected chi connectivity index (χ1v) is 8.82. The number of aromatic amines is 1. The van der Waals surface area contributed by atoms with Gasteiger partial charge in [0.2, 0.25) is 0 Å². The number of carboxylic acid groups (broad SMARTS) is 1. The van der Waals surface area contributed by atoms with Gasteiger partial charge in [0.25, 0.3) is 0 Å². The number of aryl methyl sites for hydroxylation is 1. The van der Waals surface area contributed by atoms with E-state index in [-0.39, 0.29) is 6.42 Å². The summed E-state index contributed by atoms with van der Waals surface area (Å²) in [6.07, 6.45) is -1.78. The average molecular weight is 375 g/mol. The molecular weight excluding hydrogens is 355 g/mol. The average Bonchev–Trinajstić information content (AvgIpc) is 2.97. The van der Waals surface area contributed by atoms with Gasteiger partial charge in [0.05, 0.1) is 17.7 Å². The van der Waals surface area contributed by atoms with Gasteiger partial charge in [-0.2, -0.15) is 13.2 Å². The molecule has 0 amide bonds. The molecular formula is C21H20F3NO2. The highest BCUT2D eigenvalue weighted by molar-refractivity contribution is 5.94. The van der Waals surface area contributed by atoms with E-state index < -0.39 is 17.7 Å². The maximum absolute atomic E-state index is 13.1. The summed E-state index contributed by atoms with van der Waals surface area (Å²) in [5.41, 5.74) is 2.31. The predicted octanol–water partition coefficient (Wildman–Crippen LogP) is 5.82. The minimum Gasteiger partial charge on any atom is -0.481 e. The van der Waals surface area contributed by atoms with E-state index in [0.717, 1.165) is 47.9 Å². The highest BCUT2D eigenvalue weighted by atomic mass is 19.4. The Kier molecular flexibility index (Phi) is 5.26. The van der Waals surface area contributed by atoms with Crippen LogP contribution in [-0.2, 0) is 23.8 Å². The number of fused-ring (bicyclic) bond motifs is 1. The Bertz CT molecular complexity index is 973. The number of nitrogens with one attached hydrogen (secondary N) is 1. The molecule has 0 bridgehead atoms. The Hall–Kier alpha value is -2.76. The van der Waals surface area contributed by atoms with Gasteiger partial charge < -0.3 is 10.1 Å². The van der Waals surface area contributed by atoms with Gasteiger partial charge in [0.1, 0.15) is 0 Å². The summed E-state index contributed by atoms with van der Waals surface area (Å²) in [6, 6.07) is 10.7. The van der Waals surface area contributed by atoms with Crippen molar-refractivity contribution in [2.45, 2.75) is 38.8 Å². The van der Waals surface area contributed by atoms with Gasteiger partial charge in [-0.3, -0.25) is 4.79 Å². The third-order valence-electron chi connectivity index (χ3n) is 4.60. The first kappa shape index (κ1) is 19.0. The smallest absolute Gasteiger partial charge is 0.416 e. The molecule has 3 rings (SSSR count).